The van der Waals surface area contributed by atoms with Gasteiger partial charge < -0.3 is 29.6 Å². The number of carbonyl (C=O) groups is 1. The van der Waals surface area contributed by atoms with E-state index in [-0.39, 0.29) is 24.3 Å². The number of piperidine rings is 1. The molecule has 0 aromatic carbocycles. The number of aromatic amines is 1. The lowest BCUT2D eigenvalue weighted by Crippen LogP contribution is -2.41. The smallest absolute Gasteiger partial charge is 0.421 e. The van der Waals surface area contributed by atoms with E-state index in [2.05, 4.69) is 31.2 Å². The van der Waals surface area contributed by atoms with E-state index in [4.69, 9.17) is 14.5 Å². The van der Waals surface area contributed by atoms with Crippen LogP contribution in [0.1, 0.15) is 73.4 Å². The Morgan fingerprint density at radius 2 is 1.89 bits per heavy atom. The monoisotopic (exact) mass is 635 g/mol. The minimum atomic E-state index is -4.70. The number of fused-ring (bicyclic) bond motifs is 2. The molecule has 3 aliphatic rings. The molecule has 0 radical (unpaired) electrons. The van der Waals surface area contributed by atoms with E-state index >= 15 is 0 Å². The van der Waals surface area contributed by atoms with Crippen molar-refractivity contribution >= 4 is 22.8 Å². The van der Waals surface area contributed by atoms with Crippen molar-refractivity contribution in [2.24, 2.45) is 0 Å². The molecule has 1 saturated heterocycles. The van der Waals surface area contributed by atoms with E-state index in [9.17, 15) is 18.0 Å². The molecule has 4 aromatic rings. The second-order valence-corrected chi connectivity index (χ2v) is 12.5. The first kappa shape index (κ1) is 30.3. The number of likely N-dealkylation sites (tertiary alicyclic amines) is 1. The van der Waals surface area contributed by atoms with E-state index in [0.29, 0.717) is 36.8 Å². The molecule has 0 unspecified atom stereocenters. The molecule has 1 aliphatic carbocycles. The predicted molar refractivity (Wildman–Crippen MR) is 165 cm³/mol. The fourth-order valence-corrected chi connectivity index (χ4v) is 6.28. The van der Waals surface area contributed by atoms with Gasteiger partial charge in [-0.05, 0) is 74.9 Å². The quantitative estimate of drug-likeness (QED) is 0.224. The van der Waals surface area contributed by atoms with Crippen molar-refractivity contribution in [1.29, 1.82) is 0 Å². The molecule has 1 atom stereocenters. The minimum absolute atomic E-state index is 0.0452. The SMILES string of the molecule is CC[C@H]1CN(C(=O)Nc2cnc(OC3CCN(C)CC3)c(C(F)(F)F)c2)Cc2cc(Oc3ccnc4[nH]c(C5CC5)cc34)cnc21. The van der Waals surface area contributed by atoms with Crippen molar-refractivity contribution in [3.8, 4) is 17.4 Å². The Hall–Kier alpha value is -4.39. The molecular formula is C33H36F3N7O3. The van der Waals surface area contributed by atoms with Crippen LogP contribution in [0.3, 0.4) is 0 Å². The van der Waals surface area contributed by atoms with Crippen LogP contribution in [0.4, 0.5) is 23.7 Å². The minimum Gasteiger partial charge on any atom is -0.474 e. The van der Waals surface area contributed by atoms with Gasteiger partial charge in [0.1, 0.15) is 28.8 Å². The number of halogens is 3. The van der Waals surface area contributed by atoms with E-state index in [1.165, 1.54) is 19.0 Å². The molecule has 2 aliphatic heterocycles. The third kappa shape index (κ3) is 6.33. The number of amides is 2. The summed E-state index contributed by atoms with van der Waals surface area (Å²) in [6.07, 6.45) is 3.84. The summed E-state index contributed by atoms with van der Waals surface area (Å²) in [6, 6.07) is 6.15. The Morgan fingerprint density at radius 3 is 2.63 bits per heavy atom. The number of anilines is 1. The zero-order chi connectivity index (χ0) is 32.0. The molecule has 6 heterocycles. The molecule has 10 nitrogen and oxygen atoms in total. The van der Waals surface area contributed by atoms with Crippen LogP contribution < -0.4 is 14.8 Å². The van der Waals surface area contributed by atoms with Gasteiger partial charge in [0.15, 0.2) is 0 Å². The van der Waals surface area contributed by atoms with Crippen LogP contribution in [0.15, 0.2) is 42.9 Å². The van der Waals surface area contributed by atoms with Crippen molar-refractivity contribution in [2.45, 2.75) is 69.7 Å². The normalized spacial score (nSPS) is 19.2. The Morgan fingerprint density at radius 1 is 1.09 bits per heavy atom. The standard InChI is InChI=1S/C33H36F3N7O3/c1-3-19-17-43(32(44)40-22-13-26(33(34,35)36)31(39-15-22)46-23-7-10-42(2)11-8-23)18-21-12-24(16-38-29(19)21)45-28-6-9-37-30-25(28)14-27(41-30)20-4-5-20/h6,9,12-16,19-20,23H,3-5,7-8,10-11,17-18H2,1-2H3,(H,37,41)(H,40,44)/t19-/m0/s1. The average Bonchev–Trinajstić information content (AvgIpc) is 3.80. The molecule has 2 amide bonds. The van der Waals surface area contributed by atoms with Gasteiger partial charge in [-0.25, -0.2) is 14.8 Å². The number of ether oxygens (including phenoxy) is 2. The van der Waals surface area contributed by atoms with Gasteiger partial charge >= 0.3 is 12.2 Å². The number of hydrogen-bond acceptors (Lipinski definition) is 7. The lowest BCUT2D eigenvalue weighted by atomic mass is 9.92. The molecule has 2 fully saturated rings. The zero-order valence-corrected chi connectivity index (χ0v) is 25.7. The largest absolute Gasteiger partial charge is 0.474 e. The molecular weight excluding hydrogens is 599 g/mol. The van der Waals surface area contributed by atoms with Gasteiger partial charge in [0.2, 0.25) is 5.88 Å². The van der Waals surface area contributed by atoms with Crippen molar-refractivity contribution in [2.75, 3.05) is 32.0 Å². The lowest BCUT2D eigenvalue weighted by Gasteiger charge is -2.33. The number of rotatable bonds is 7. The first-order valence-electron chi connectivity index (χ1n) is 15.8. The van der Waals surface area contributed by atoms with Crippen LogP contribution in [0.2, 0.25) is 0 Å². The fourth-order valence-electron chi connectivity index (χ4n) is 6.28. The summed E-state index contributed by atoms with van der Waals surface area (Å²) in [4.78, 5) is 33.6. The van der Waals surface area contributed by atoms with Crippen LogP contribution in [-0.2, 0) is 12.7 Å². The highest BCUT2D eigenvalue weighted by Crippen LogP contribution is 2.42. The maximum absolute atomic E-state index is 14.0. The first-order chi connectivity index (χ1) is 22.1. The highest BCUT2D eigenvalue weighted by Gasteiger charge is 2.37. The van der Waals surface area contributed by atoms with E-state index in [0.717, 1.165) is 53.6 Å². The highest BCUT2D eigenvalue weighted by molar-refractivity contribution is 5.89. The summed E-state index contributed by atoms with van der Waals surface area (Å²) in [6.45, 7) is 4.09. The van der Waals surface area contributed by atoms with Crippen LogP contribution in [0, 0.1) is 0 Å². The third-order valence-electron chi connectivity index (χ3n) is 9.05. The summed E-state index contributed by atoms with van der Waals surface area (Å²) in [7, 11) is 1.97. The Bertz CT molecular complexity index is 1750. The van der Waals surface area contributed by atoms with Crippen molar-refractivity contribution in [3.63, 3.8) is 0 Å². The topological polar surface area (TPSA) is 109 Å². The molecule has 2 N–H and O–H groups in total. The summed E-state index contributed by atoms with van der Waals surface area (Å²) in [5.41, 5.74) is 2.56. The predicted octanol–water partition coefficient (Wildman–Crippen LogP) is 7.06. The van der Waals surface area contributed by atoms with Crippen LogP contribution in [-0.4, -0.2) is 68.6 Å². The number of hydrogen-bond donors (Lipinski definition) is 2. The Kier molecular flexibility index (Phi) is 7.95. The van der Waals surface area contributed by atoms with Gasteiger partial charge in [0.25, 0.3) is 0 Å². The summed E-state index contributed by atoms with van der Waals surface area (Å²) < 4.78 is 54.1. The number of aromatic nitrogens is 4. The zero-order valence-electron chi connectivity index (χ0n) is 25.7. The molecule has 242 valence electrons. The summed E-state index contributed by atoms with van der Waals surface area (Å²) >= 11 is 0. The number of urea groups is 1. The maximum atomic E-state index is 14.0. The highest BCUT2D eigenvalue weighted by atomic mass is 19.4. The second-order valence-electron chi connectivity index (χ2n) is 12.5. The fraction of sp³-hybridized carbons (Fsp3) is 0.455. The summed E-state index contributed by atoms with van der Waals surface area (Å²) in [5.74, 6) is 1.21. The lowest BCUT2D eigenvalue weighted by molar-refractivity contribution is -0.139. The van der Waals surface area contributed by atoms with Crippen LogP contribution in [0.25, 0.3) is 11.0 Å². The van der Waals surface area contributed by atoms with Crippen LogP contribution in [0.5, 0.6) is 17.4 Å². The second kappa shape index (κ2) is 12.1. The number of nitrogens with one attached hydrogen (secondary N) is 2. The number of alkyl halides is 3. The maximum Gasteiger partial charge on any atom is 0.421 e. The molecule has 1 saturated carbocycles. The van der Waals surface area contributed by atoms with Gasteiger partial charge in [0, 0.05) is 44.0 Å². The molecule has 46 heavy (non-hydrogen) atoms. The number of carbonyl (C=O) groups excluding carboxylic acids is 1. The molecule has 4 aromatic heterocycles. The van der Waals surface area contributed by atoms with Crippen LogP contribution >= 0.6 is 0 Å². The van der Waals surface area contributed by atoms with Crippen molar-refractivity contribution in [3.05, 3.63) is 65.4 Å². The number of pyridine rings is 3. The van der Waals surface area contributed by atoms with Gasteiger partial charge in [-0.15, -0.1) is 0 Å². The van der Waals surface area contributed by atoms with Gasteiger partial charge in [-0.2, -0.15) is 13.2 Å². The first-order valence-corrected chi connectivity index (χ1v) is 15.8. The third-order valence-corrected chi connectivity index (χ3v) is 9.05. The van der Waals surface area contributed by atoms with E-state index < -0.39 is 23.7 Å². The number of H-pyrrole nitrogens is 1. The average molecular weight is 636 g/mol. The Balaban J connectivity index is 1.08. The van der Waals surface area contributed by atoms with Crippen molar-refractivity contribution in [1.82, 2.24) is 29.7 Å². The van der Waals surface area contributed by atoms with E-state index in [1.54, 1.807) is 17.3 Å². The molecule has 7 rings (SSSR count). The molecule has 0 bridgehead atoms. The van der Waals surface area contributed by atoms with Gasteiger partial charge in [-0.1, -0.05) is 6.92 Å². The Labute approximate surface area is 264 Å². The number of nitrogens with zero attached hydrogens (tertiary/aromatic N) is 5. The van der Waals surface area contributed by atoms with E-state index in [1.807, 2.05) is 26.1 Å². The van der Waals surface area contributed by atoms with Gasteiger partial charge in [0.05, 0.1) is 29.2 Å². The molecule has 13 heteroatoms. The van der Waals surface area contributed by atoms with Crippen molar-refractivity contribution < 1.29 is 27.4 Å². The summed E-state index contributed by atoms with van der Waals surface area (Å²) in [5, 5.41) is 3.52. The van der Waals surface area contributed by atoms with Gasteiger partial charge in [-0.3, -0.25) is 4.98 Å². The molecule has 0 spiro atoms.